The van der Waals surface area contributed by atoms with Crippen molar-refractivity contribution in [3.8, 4) is 0 Å². The van der Waals surface area contributed by atoms with E-state index in [9.17, 15) is 4.79 Å². The highest BCUT2D eigenvalue weighted by molar-refractivity contribution is 5.46. The van der Waals surface area contributed by atoms with E-state index >= 15 is 0 Å². The van der Waals surface area contributed by atoms with Gasteiger partial charge in [0.15, 0.2) is 0 Å². The quantitative estimate of drug-likeness (QED) is 0.841. The molecule has 0 atom stereocenters. The average Bonchev–Trinajstić information content (AvgIpc) is 2.46. The first-order chi connectivity index (χ1) is 10.2. The van der Waals surface area contributed by atoms with Crippen LogP contribution in [0, 0.1) is 6.92 Å². The first-order valence-corrected chi connectivity index (χ1v) is 7.47. The van der Waals surface area contributed by atoms with E-state index in [0.717, 1.165) is 30.6 Å². The fourth-order valence-electron chi connectivity index (χ4n) is 2.41. The van der Waals surface area contributed by atoms with E-state index in [-0.39, 0.29) is 12.2 Å². The van der Waals surface area contributed by atoms with Gasteiger partial charge in [-0.3, -0.25) is 14.1 Å². The first kappa shape index (κ1) is 15.7. The third-order valence-corrected chi connectivity index (χ3v) is 3.57. The van der Waals surface area contributed by atoms with Crippen molar-refractivity contribution < 1.29 is 5.11 Å². The topological polar surface area (TPSA) is 57.8 Å². The van der Waals surface area contributed by atoms with Crippen LogP contribution in [0.3, 0.4) is 0 Å². The molecule has 0 aliphatic rings. The van der Waals surface area contributed by atoms with Gasteiger partial charge in [0.2, 0.25) is 0 Å². The molecule has 0 saturated heterocycles. The number of pyridine rings is 1. The fraction of sp³-hybridized carbons (Fsp3) is 0.500. The summed E-state index contributed by atoms with van der Waals surface area (Å²) in [6, 6.07) is 5.39. The monoisotopic (exact) mass is 289 g/mol. The lowest BCUT2D eigenvalue weighted by Gasteiger charge is -2.20. The predicted molar refractivity (Wildman–Crippen MR) is 83.5 cm³/mol. The zero-order valence-corrected chi connectivity index (χ0v) is 12.7. The highest BCUT2D eigenvalue weighted by atomic mass is 16.3. The molecule has 0 aromatic carbocycles. The molecule has 0 spiro atoms. The minimum absolute atomic E-state index is 0.0573. The number of hydrogen-bond acceptors (Lipinski definition) is 4. The van der Waals surface area contributed by atoms with Crippen LogP contribution in [-0.4, -0.2) is 39.1 Å². The largest absolute Gasteiger partial charge is 0.395 e. The maximum atomic E-state index is 12.2. The van der Waals surface area contributed by atoms with Crippen molar-refractivity contribution in [3.05, 3.63) is 46.0 Å². The first-order valence-electron chi connectivity index (χ1n) is 7.47. The van der Waals surface area contributed by atoms with Crippen LogP contribution in [0.2, 0.25) is 0 Å². The summed E-state index contributed by atoms with van der Waals surface area (Å²) < 4.78 is 1.57. The SMILES string of the molecule is CCCCN(CCO)Cc1cc(=O)n2cccc(C)c2n1. The molecule has 0 unspecified atom stereocenters. The Kier molecular flexibility index (Phi) is 5.47. The summed E-state index contributed by atoms with van der Waals surface area (Å²) in [4.78, 5) is 18.9. The van der Waals surface area contributed by atoms with Gasteiger partial charge in [0.05, 0.1) is 12.3 Å². The van der Waals surface area contributed by atoms with E-state index in [1.54, 1.807) is 16.7 Å². The Morgan fingerprint density at radius 3 is 2.90 bits per heavy atom. The normalized spacial score (nSPS) is 11.4. The molecular formula is C16H23N3O2. The number of aliphatic hydroxyl groups is 1. The van der Waals surface area contributed by atoms with Gasteiger partial charge in [0.25, 0.3) is 5.56 Å². The van der Waals surface area contributed by atoms with Crippen LogP contribution >= 0.6 is 0 Å². The zero-order valence-electron chi connectivity index (χ0n) is 12.7. The molecule has 0 amide bonds. The number of hydrogen-bond donors (Lipinski definition) is 1. The van der Waals surface area contributed by atoms with Crippen molar-refractivity contribution in [2.45, 2.75) is 33.2 Å². The second-order valence-electron chi connectivity index (χ2n) is 5.32. The van der Waals surface area contributed by atoms with Crippen LogP contribution in [0.15, 0.2) is 29.2 Å². The molecule has 0 aliphatic heterocycles. The number of aryl methyl sites for hydroxylation is 1. The van der Waals surface area contributed by atoms with Gasteiger partial charge in [-0.05, 0) is 31.5 Å². The lowest BCUT2D eigenvalue weighted by Crippen LogP contribution is -2.29. The summed E-state index contributed by atoms with van der Waals surface area (Å²) in [6.07, 6.45) is 3.92. The molecule has 5 nitrogen and oxygen atoms in total. The summed E-state index contributed by atoms with van der Waals surface area (Å²) in [6.45, 7) is 6.33. The van der Waals surface area contributed by atoms with Crippen molar-refractivity contribution >= 4 is 5.65 Å². The molecule has 2 rings (SSSR count). The van der Waals surface area contributed by atoms with E-state index < -0.39 is 0 Å². The van der Waals surface area contributed by atoms with Crippen molar-refractivity contribution in [1.29, 1.82) is 0 Å². The lowest BCUT2D eigenvalue weighted by molar-refractivity contribution is 0.187. The summed E-state index contributed by atoms with van der Waals surface area (Å²) >= 11 is 0. The minimum atomic E-state index is -0.0573. The van der Waals surface area contributed by atoms with Crippen molar-refractivity contribution in [3.63, 3.8) is 0 Å². The van der Waals surface area contributed by atoms with Gasteiger partial charge < -0.3 is 5.11 Å². The Labute approximate surface area is 124 Å². The number of fused-ring (bicyclic) bond motifs is 1. The van der Waals surface area contributed by atoms with Crippen molar-refractivity contribution in [2.75, 3.05) is 19.7 Å². The highest BCUT2D eigenvalue weighted by Crippen LogP contribution is 2.08. The second kappa shape index (κ2) is 7.33. The molecule has 2 aromatic heterocycles. The van der Waals surface area contributed by atoms with Crippen molar-refractivity contribution in [2.24, 2.45) is 0 Å². The second-order valence-corrected chi connectivity index (χ2v) is 5.32. The van der Waals surface area contributed by atoms with E-state index in [2.05, 4.69) is 16.8 Å². The van der Waals surface area contributed by atoms with Crippen LogP contribution in [0.5, 0.6) is 0 Å². The molecule has 21 heavy (non-hydrogen) atoms. The summed E-state index contributed by atoms with van der Waals surface area (Å²) in [5, 5.41) is 9.16. The molecule has 0 bridgehead atoms. The summed E-state index contributed by atoms with van der Waals surface area (Å²) in [7, 11) is 0. The van der Waals surface area contributed by atoms with E-state index in [1.807, 2.05) is 19.1 Å². The molecule has 5 heteroatoms. The number of unbranched alkanes of at least 4 members (excludes halogenated alkanes) is 1. The maximum Gasteiger partial charge on any atom is 0.258 e. The molecular weight excluding hydrogens is 266 g/mol. The highest BCUT2D eigenvalue weighted by Gasteiger charge is 2.09. The van der Waals surface area contributed by atoms with Crippen LogP contribution in [0.1, 0.15) is 31.0 Å². The smallest absolute Gasteiger partial charge is 0.258 e. The van der Waals surface area contributed by atoms with Gasteiger partial charge in [0.1, 0.15) is 5.65 Å². The number of aromatic nitrogens is 2. The molecule has 0 aliphatic carbocycles. The molecule has 1 N–H and O–H groups in total. The van der Waals surface area contributed by atoms with Crippen LogP contribution in [-0.2, 0) is 6.54 Å². The van der Waals surface area contributed by atoms with Crippen LogP contribution in [0.25, 0.3) is 5.65 Å². The third kappa shape index (κ3) is 3.89. The molecule has 114 valence electrons. The Morgan fingerprint density at radius 1 is 1.38 bits per heavy atom. The van der Waals surface area contributed by atoms with Gasteiger partial charge in [-0.15, -0.1) is 0 Å². The molecule has 0 radical (unpaired) electrons. The molecule has 0 fully saturated rings. The Morgan fingerprint density at radius 2 is 2.19 bits per heavy atom. The molecule has 0 saturated carbocycles. The van der Waals surface area contributed by atoms with E-state index in [4.69, 9.17) is 5.11 Å². The van der Waals surface area contributed by atoms with Gasteiger partial charge in [-0.2, -0.15) is 0 Å². The minimum Gasteiger partial charge on any atom is -0.395 e. The zero-order chi connectivity index (χ0) is 15.2. The average molecular weight is 289 g/mol. The Balaban J connectivity index is 2.29. The van der Waals surface area contributed by atoms with E-state index in [1.165, 1.54) is 0 Å². The summed E-state index contributed by atoms with van der Waals surface area (Å²) in [5.74, 6) is 0. The van der Waals surface area contributed by atoms with Gasteiger partial charge >= 0.3 is 0 Å². The van der Waals surface area contributed by atoms with Gasteiger partial charge in [-0.1, -0.05) is 19.4 Å². The standard InChI is InChI=1S/C16H23N3O2/c1-3-4-7-18(9-10-20)12-14-11-15(21)19-8-5-6-13(2)16(19)17-14/h5-6,8,11,20H,3-4,7,9-10,12H2,1-2H3. The lowest BCUT2D eigenvalue weighted by atomic mass is 10.2. The van der Waals surface area contributed by atoms with Crippen LogP contribution < -0.4 is 5.56 Å². The van der Waals surface area contributed by atoms with E-state index in [0.29, 0.717) is 18.7 Å². The fourth-order valence-corrected chi connectivity index (χ4v) is 2.41. The van der Waals surface area contributed by atoms with Gasteiger partial charge in [-0.25, -0.2) is 4.98 Å². The number of rotatable bonds is 7. The Hall–Kier alpha value is -1.72. The molecule has 2 aromatic rings. The molecule has 2 heterocycles. The van der Waals surface area contributed by atoms with Crippen molar-refractivity contribution in [1.82, 2.24) is 14.3 Å². The summed E-state index contributed by atoms with van der Waals surface area (Å²) in [5.41, 5.74) is 2.40. The Bertz CT molecular complexity index is 652. The predicted octanol–water partition coefficient (Wildman–Crippen LogP) is 1.60. The van der Waals surface area contributed by atoms with Gasteiger partial charge in [0, 0.05) is 25.4 Å². The van der Waals surface area contributed by atoms with Crippen LogP contribution in [0.4, 0.5) is 0 Å². The maximum absolute atomic E-state index is 12.2. The number of aliphatic hydroxyl groups excluding tert-OH is 1. The number of nitrogens with zero attached hydrogens (tertiary/aromatic N) is 3. The third-order valence-electron chi connectivity index (χ3n) is 3.57.